The maximum absolute atomic E-state index is 12.2. The largest absolute Gasteiger partial charge is 0.504 e. The molecule has 0 radical (unpaired) electrons. The fraction of sp³-hybridized carbons (Fsp3) is 0.571. The summed E-state index contributed by atoms with van der Waals surface area (Å²) in [6.45, 7) is 1.23. The van der Waals surface area contributed by atoms with Crippen molar-refractivity contribution >= 4 is 16.8 Å². The molecule has 0 aromatic heterocycles. The molecule has 0 aromatic carbocycles. The van der Waals surface area contributed by atoms with Crippen molar-refractivity contribution in [3.05, 3.63) is 12.0 Å². The number of aliphatic imine (C=N–C) groups is 1. The Hall–Kier alpha value is -0.770. The number of aliphatic hydroxyl groups excluding tert-OH is 1. The van der Waals surface area contributed by atoms with Gasteiger partial charge in [0, 0.05) is 20.3 Å². The molecule has 0 aliphatic carbocycles. The zero-order chi connectivity index (χ0) is 9.72. The van der Waals surface area contributed by atoms with Gasteiger partial charge in [-0.3, -0.25) is 0 Å². The number of hydrogen-bond acceptors (Lipinski definition) is 3. The molecular formula is C7H12ClFN2O. The van der Waals surface area contributed by atoms with Gasteiger partial charge in [-0.25, -0.2) is 9.38 Å². The molecule has 0 saturated carbocycles. The summed E-state index contributed by atoms with van der Waals surface area (Å²) in [5.41, 5.74) is 0. The van der Waals surface area contributed by atoms with Crippen LogP contribution in [-0.4, -0.2) is 35.6 Å². The maximum Gasteiger partial charge on any atom is 0.188 e. The lowest BCUT2D eigenvalue weighted by Gasteiger charge is -2.05. The third kappa shape index (κ3) is 4.96. The average molecular weight is 195 g/mol. The summed E-state index contributed by atoms with van der Waals surface area (Å²) in [5.74, 6) is -0.244. The number of hydrogen-bond donors (Lipinski definition) is 1. The minimum atomic E-state index is -1.41. The van der Waals surface area contributed by atoms with Crippen LogP contribution in [0.1, 0.15) is 6.92 Å². The van der Waals surface area contributed by atoms with Crippen molar-refractivity contribution in [2.75, 3.05) is 14.1 Å². The van der Waals surface area contributed by atoms with E-state index in [1.165, 1.54) is 13.1 Å². The SMILES string of the molecule is CC(F)N=C(Cl)/C(O)=C/N(C)C. The zero-order valence-electron chi connectivity index (χ0n) is 7.25. The summed E-state index contributed by atoms with van der Waals surface area (Å²) >= 11 is 5.44. The van der Waals surface area contributed by atoms with Crippen molar-refractivity contribution in [2.45, 2.75) is 13.2 Å². The molecule has 0 amide bonds. The Bertz CT molecular complexity index is 180. The second kappa shape index (κ2) is 4.98. The normalized spacial score (nSPS) is 16.1. The van der Waals surface area contributed by atoms with Gasteiger partial charge in [-0.05, 0) is 6.92 Å². The average Bonchev–Trinajstić information content (AvgIpc) is 1.84. The van der Waals surface area contributed by atoms with E-state index in [2.05, 4.69) is 4.99 Å². The summed E-state index contributed by atoms with van der Waals surface area (Å²) in [6.07, 6.45) is -0.0657. The van der Waals surface area contributed by atoms with Gasteiger partial charge in [0.15, 0.2) is 17.2 Å². The molecule has 1 atom stereocenters. The van der Waals surface area contributed by atoms with Crippen LogP contribution in [0.4, 0.5) is 4.39 Å². The summed E-state index contributed by atoms with van der Waals surface area (Å²) in [5, 5.41) is 8.90. The quantitative estimate of drug-likeness (QED) is 0.423. The summed E-state index contributed by atoms with van der Waals surface area (Å²) in [4.78, 5) is 4.88. The molecule has 0 rings (SSSR count). The van der Waals surface area contributed by atoms with Crippen LogP contribution in [-0.2, 0) is 0 Å². The Labute approximate surface area is 76.2 Å². The fourth-order valence-electron chi connectivity index (χ4n) is 0.520. The Balaban J connectivity index is 4.38. The molecule has 1 unspecified atom stereocenters. The van der Waals surface area contributed by atoms with Gasteiger partial charge in [0.05, 0.1) is 0 Å². The van der Waals surface area contributed by atoms with Crippen LogP contribution >= 0.6 is 11.6 Å². The van der Waals surface area contributed by atoms with E-state index in [1.807, 2.05) is 0 Å². The topological polar surface area (TPSA) is 35.8 Å². The van der Waals surface area contributed by atoms with Crippen LogP contribution < -0.4 is 0 Å². The second-order valence-corrected chi connectivity index (χ2v) is 2.83. The molecule has 0 aliphatic heterocycles. The zero-order valence-corrected chi connectivity index (χ0v) is 8.01. The highest BCUT2D eigenvalue weighted by atomic mass is 35.5. The Morgan fingerprint density at radius 1 is 1.67 bits per heavy atom. The molecule has 0 saturated heterocycles. The highest BCUT2D eigenvalue weighted by Crippen LogP contribution is 2.03. The maximum atomic E-state index is 12.2. The van der Waals surface area contributed by atoms with Crippen LogP contribution in [0.2, 0.25) is 0 Å². The number of alkyl halides is 1. The van der Waals surface area contributed by atoms with Gasteiger partial charge in [0.1, 0.15) is 0 Å². The first-order valence-electron chi connectivity index (χ1n) is 3.38. The van der Waals surface area contributed by atoms with Crippen molar-refractivity contribution in [1.82, 2.24) is 4.90 Å². The highest BCUT2D eigenvalue weighted by molar-refractivity contribution is 6.69. The predicted molar refractivity (Wildman–Crippen MR) is 48.3 cm³/mol. The van der Waals surface area contributed by atoms with Crippen molar-refractivity contribution in [3.8, 4) is 0 Å². The van der Waals surface area contributed by atoms with Crippen LogP contribution in [0.3, 0.4) is 0 Å². The smallest absolute Gasteiger partial charge is 0.188 e. The number of nitrogens with zero attached hydrogens (tertiary/aromatic N) is 2. The molecule has 0 aliphatic rings. The highest BCUT2D eigenvalue weighted by Gasteiger charge is 2.03. The van der Waals surface area contributed by atoms with E-state index in [9.17, 15) is 4.39 Å². The monoisotopic (exact) mass is 194 g/mol. The Morgan fingerprint density at radius 2 is 2.17 bits per heavy atom. The van der Waals surface area contributed by atoms with Crippen molar-refractivity contribution in [2.24, 2.45) is 4.99 Å². The third-order valence-corrected chi connectivity index (χ3v) is 1.17. The summed E-state index contributed by atoms with van der Waals surface area (Å²) in [7, 11) is 3.42. The Kier molecular flexibility index (Phi) is 4.66. The minimum absolute atomic E-state index is 0.223. The lowest BCUT2D eigenvalue weighted by molar-refractivity contribution is 0.372. The van der Waals surface area contributed by atoms with Gasteiger partial charge in [-0.15, -0.1) is 0 Å². The van der Waals surface area contributed by atoms with E-state index >= 15 is 0 Å². The van der Waals surface area contributed by atoms with Gasteiger partial charge >= 0.3 is 0 Å². The van der Waals surface area contributed by atoms with E-state index < -0.39 is 6.30 Å². The second-order valence-electron chi connectivity index (χ2n) is 2.47. The third-order valence-electron chi connectivity index (χ3n) is 0.883. The number of allylic oxidation sites excluding steroid dienone is 1. The number of halogens is 2. The Morgan fingerprint density at radius 3 is 2.50 bits per heavy atom. The molecule has 0 heterocycles. The van der Waals surface area contributed by atoms with E-state index in [-0.39, 0.29) is 10.9 Å². The van der Waals surface area contributed by atoms with Crippen molar-refractivity contribution < 1.29 is 9.50 Å². The van der Waals surface area contributed by atoms with Crippen LogP contribution in [0, 0.1) is 0 Å². The molecule has 12 heavy (non-hydrogen) atoms. The molecule has 0 spiro atoms. The molecule has 0 aromatic rings. The fourth-order valence-corrected chi connectivity index (χ4v) is 0.703. The van der Waals surface area contributed by atoms with Gasteiger partial charge in [-0.2, -0.15) is 0 Å². The predicted octanol–water partition coefficient (Wildman–Crippen LogP) is 1.90. The van der Waals surface area contributed by atoms with Gasteiger partial charge < -0.3 is 10.0 Å². The molecule has 1 N–H and O–H groups in total. The van der Waals surface area contributed by atoms with Crippen LogP contribution in [0.5, 0.6) is 0 Å². The van der Waals surface area contributed by atoms with E-state index in [4.69, 9.17) is 16.7 Å². The van der Waals surface area contributed by atoms with Crippen LogP contribution in [0.15, 0.2) is 17.0 Å². The molecule has 3 nitrogen and oxygen atoms in total. The van der Waals surface area contributed by atoms with Crippen LogP contribution in [0.25, 0.3) is 0 Å². The standard InChI is InChI=1S/C7H12ClFN2O/c1-5(9)10-7(8)6(12)4-11(2)3/h4-5,12H,1-3H3/b6-4-,10-7?. The van der Waals surface area contributed by atoms with Gasteiger partial charge in [0.25, 0.3) is 0 Å². The molecule has 0 fully saturated rings. The van der Waals surface area contributed by atoms with Crippen molar-refractivity contribution in [1.29, 1.82) is 0 Å². The lowest BCUT2D eigenvalue weighted by atomic mass is 10.5. The van der Waals surface area contributed by atoms with Crippen molar-refractivity contribution in [3.63, 3.8) is 0 Å². The molecular weight excluding hydrogens is 183 g/mol. The summed E-state index contributed by atoms with van der Waals surface area (Å²) in [6, 6.07) is 0. The first kappa shape index (κ1) is 11.2. The van der Waals surface area contributed by atoms with E-state index in [0.717, 1.165) is 0 Å². The molecule has 0 bridgehead atoms. The van der Waals surface area contributed by atoms with Gasteiger partial charge in [-0.1, -0.05) is 11.6 Å². The first-order chi connectivity index (χ1) is 5.43. The van der Waals surface area contributed by atoms with E-state index in [1.54, 1.807) is 19.0 Å². The minimum Gasteiger partial charge on any atom is -0.504 e. The lowest BCUT2D eigenvalue weighted by Crippen LogP contribution is -2.06. The number of aliphatic hydroxyl groups is 1. The number of rotatable bonds is 3. The van der Waals surface area contributed by atoms with Gasteiger partial charge in [0.2, 0.25) is 0 Å². The molecule has 5 heteroatoms. The molecule has 70 valence electrons. The summed E-state index contributed by atoms with van der Waals surface area (Å²) < 4.78 is 12.2. The first-order valence-corrected chi connectivity index (χ1v) is 3.76. The van der Waals surface area contributed by atoms with E-state index in [0.29, 0.717) is 0 Å².